The van der Waals surface area contributed by atoms with Gasteiger partial charge in [-0.2, -0.15) is 0 Å². The molecular weight excluding hydrogens is 344 g/mol. The number of carbonyl (C=O) groups excluding carboxylic acids is 1. The Labute approximate surface area is 167 Å². The van der Waals surface area contributed by atoms with Gasteiger partial charge in [-0.1, -0.05) is 78.9 Å². The number of benzene rings is 3. The summed E-state index contributed by atoms with van der Waals surface area (Å²) in [5.41, 5.74) is 4.64. The minimum atomic E-state index is -0.295. The highest BCUT2D eigenvalue weighted by atomic mass is 16.2. The van der Waals surface area contributed by atoms with E-state index in [4.69, 9.17) is 0 Å². The maximum Gasteiger partial charge on any atom is 0.243 e. The summed E-state index contributed by atoms with van der Waals surface area (Å²) in [4.78, 5) is 15.3. The summed E-state index contributed by atoms with van der Waals surface area (Å²) < 4.78 is 0. The zero-order chi connectivity index (χ0) is 19.3. The molecule has 0 saturated heterocycles. The molecule has 1 atom stereocenters. The van der Waals surface area contributed by atoms with Crippen LogP contribution in [0.3, 0.4) is 0 Å². The van der Waals surface area contributed by atoms with Crippen LogP contribution in [0.1, 0.15) is 36.1 Å². The number of para-hydroxylation sites is 1. The van der Waals surface area contributed by atoms with Gasteiger partial charge in [-0.25, -0.2) is 0 Å². The van der Waals surface area contributed by atoms with Crippen molar-refractivity contribution in [2.24, 2.45) is 0 Å². The third kappa shape index (κ3) is 3.85. The van der Waals surface area contributed by atoms with E-state index in [-0.39, 0.29) is 18.0 Å². The second kappa shape index (κ2) is 8.41. The molecule has 0 fully saturated rings. The summed E-state index contributed by atoms with van der Waals surface area (Å²) in [7, 11) is 0. The molecule has 0 aliphatic carbocycles. The van der Waals surface area contributed by atoms with Crippen LogP contribution in [-0.4, -0.2) is 18.5 Å². The van der Waals surface area contributed by atoms with E-state index in [2.05, 4.69) is 47.8 Å². The Bertz CT molecular complexity index is 884. The van der Waals surface area contributed by atoms with E-state index in [1.807, 2.05) is 54.3 Å². The molecule has 3 heteroatoms. The first-order valence-corrected chi connectivity index (χ1v) is 9.99. The van der Waals surface area contributed by atoms with Crippen LogP contribution in [0.15, 0.2) is 84.9 Å². The van der Waals surface area contributed by atoms with E-state index in [0.717, 1.165) is 36.2 Å². The fourth-order valence-corrected chi connectivity index (χ4v) is 3.99. The van der Waals surface area contributed by atoms with Crippen LogP contribution in [-0.2, 0) is 11.2 Å². The average molecular weight is 370 g/mol. The summed E-state index contributed by atoms with van der Waals surface area (Å²) in [5, 5.41) is 3.59. The number of nitrogens with one attached hydrogen (secondary N) is 1. The Morgan fingerprint density at radius 1 is 0.857 bits per heavy atom. The molecule has 1 aliphatic heterocycles. The van der Waals surface area contributed by atoms with Gasteiger partial charge < -0.3 is 4.90 Å². The fraction of sp³-hybridized carbons (Fsp3) is 0.240. The number of rotatable bonds is 5. The molecule has 0 radical (unpaired) electrons. The number of nitrogens with zero attached hydrogens (tertiary/aromatic N) is 1. The second-order valence-corrected chi connectivity index (χ2v) is 7.36. The van der Waals surface area contributed by atoms with Gasteiger partial charge in [0.2, 0.25) is 5.91 Å². The number of amides is 1. The van der Waals surface area contributed by atoms with Crippen LogP contribution >= 0.6 is 0 Å². The van der Waals surface area contributed by atoms with E-state index in [1.165, 1.54) is 5.56 Å². The second-order valence-electron chi connectivity index (χ2n) is 7.36. The van der Waals surface area contributed by atoms with Crippen molar-refractivity contribution < 1.29 is 4.79 Å². The van der Waals surface area contributed by atoms with Crippen molar-refractivity contribution in [1.29, 1.82) is 0 Å². The van der Waals surface area contributed by atoms with Crippen molar-refractivity contribution in [3.63, 3.8) is 0 Å². The molecule has 1 heterocycles. The van der Waals surface area contributed by atoms with Crippen molar-refractivity contribution in [1.82, 2.24) is 5.32 Å². The third-order valence-corrected chi connectivity index (χ3v) is 5.43. The van der Waals surface area contributed by atoms with Crippen LogP contribution in [0.2, 0.25) is 0 Å². The predicted octanol–water partition coefficient (Wildman–Crippen LogP) is 4.73. The van der Waals surface area contributed by atoms with Gasteiger partial charge in [0, 0.05) is 12.2 Å². The van der Waals surface area contributed by atoms with E-state index in [1.54, 1.807) is 0 Å². The highest BCUT2D eigenvalue weighted by Crippen LogP contribution is 2.28. The Morgan fingerprint density at radius 3 is 2.07 bits per heavy atom. The van der Waals surface area contributed by atoms with Gasteiger partial charge in [-0.15, -0.1) is 0 Å². The molecule has 28 heavy (non-hydrogen) atoms. The van der Waals surface area contributed by atoms with Crippen LogP contribution in [0.4, 0.5) is 5.69 Å². The van der Waals surface area contributed by atoms with Crippen molar-refractivity contribution in [3.8, 4) is 0 Å². The highest BCUT2D eigenvalue weighted by molar-refractivity contribution is 5.98. The smallest absolute Gasteiger partial charge is 0.243 e. The van der Waals surface area contributed by atoms with Gasteiger partial charge >= 0.3 is 0 Å². The van der Waals surface area contributed by atoms with E-state index < -0.39 is 0 Å². The molecule has 0 spiro atoms. The molecule has 4 rings (SSSR count). The number of aryl methyl sites for hydroxylation is 1. The summed E-state index contributed by atoms with van der Waals surface area (Å²) >= 11 is 0. The van der Waals surface area contributed by atoms with Crippen LogP contribution in [0, 0.1) is 0 Å². The van der Waals surface area contributed by atoms with Gasteiger partial charge in [0.15, 0.2) is 0 Å². The fourth-order valence-electron chi connectivity index (χ4n) is 3.99. The van der Waals surface area contributed by atoms with Crippen molar-refractivity contribution in [2.45, 2.75) is 31.8 Å². The normalized spacial score (nSPS) is 14.6. The predicted molar refractivity (Wildman–Crippen MR) is 114 cm³/mol. The zero-order valence-electron chi connectivity index (χ0n) is 16.2. The first-order valence-electron chi connectivity index (χ1n) is 9.99. The Morgan fingerprint density at radius 2 is 1.43 bits per heavy atom. The van der Waals surface area contributed by atoms with Gasteiger partial charge in [-0.05, 0) is 42.5 Å². The highest BCUT2D eigenvalue weighted by Gasteiger charge is 2.28. The largest absolute Gasteiger partial charge is 0.311 e. The summed E-state index contributed by atoms with van der Waals surface area (Å²) in [5.74, 6) is 0.129. The van der Waals surface area contributed by atoms with E-state index in [9.17, 15) is 4.79 Å². The van der Waals surface area contributed by atoms with E-state index in [0.29, 0.717) is 0 Å². The summed E-state index contributed by atoms with van der Waals surface area (Å²) in [6, 6.07) is 28.6. The van der Waals surface area contributed by atoms with Crippen LogP contribution in [0.5, 0.6) is 0 Å². The third-order valence-electron chi connectivity index (χ3n) is 5.43. The van der Waals surface area contributed by atoms with Crippen molar-refractivity contribution in [3.05, 3.63) is 102 Å². The summed E-state index contributed by atoms with van der Waals surface area (Å²) in [6.07, 6.45) is 2.05. The van der Waals surface area contributed by atoms with Crippen LogP contribution in [0.25, 0.3) is 0 Å². The average Bonchev–Trinajstić information content (AvgIpc) is 2.77. The lowest BCUT2D eigenvalue weighted by Crippen LogP contribution is -2.48. The van der Waals surface area contributed by atoms with Crippen molar-refractivity contribution in [2.75, 3.05) is 11.4 Å². The topological polar surface area (TPSA) is 32.3 Å². The monoisotopic (exact) mass is 370 g/mol. The first-order chi connectivity index (χ1) is 13.7. The molecule has 0 bridgehead atoms. The molecule has 0 aromatic heterocycles. The minimum absolute atomic E-state index is 0.0265. The molecule has 0 unspecified atom stereocenters. The molecular formula is C25H26N2O. The number of fused-ring (bicyclic) bond motifs is 1. The molecule has 3 aromatic rings. The lowest BCUT2D eigenvalue weighted by atomic mass is 9.97. The summed E-state index contributed by atoms with van der Waals surface area (Å²) in [6.45, 7) is 2.75. The standard InChI is InChI=1S/C25H26N2O/c1-19(25(28)27-18-10-16-20-11-8-9-17-23(20)27)26-24(21-12-4-2-5-13-21)22-14-6-3-7-15-22/h2-9,11-15,17,19,24,26H,10,16,18H2,1H3/t19-/m0/s1. The van der Waals surface area contributed by atoms with E-state index >= 15 is 0 Å². The molecule has 1 aliphatic rings. The SMILES string of the molecule is C[C@H](NC(c1ccccc1)c1ccccc1)C(=O)N1CCCc2ccccc21. The molecule has 1 amide bonds. The molecule has 0 saturated carbocycles. The number of hydrogen-bond acceptors (Lipinski definition) is 2. The zero-order valence-corrected chi connectivity index (χ0v) is 16.2. The Kier molecular flexibility index (Phi) is 5.54. The lowest BCUT2D eigenvalue weighted by molar-refractivity contribution is -0.120. The first kappa shape index (κ1) is 18.5. The maximum absolute atomic E-state index is 13.3. The lowest BCUT2D eigenvalue weighted by Gasteiger charge is -2.33. The van der Waals surface area contributed by atoms with Gasteiger partial charge in [0.05, 0.1) is 12.1 Å². The van der Waals surface area contributed by atoms with Crippen LogP contribution < -0.4 is 10.2 Å². The number of hydrogen-bond donors (Lipinski definition) is 1. The van der Waals surface area contributed by atoms with Gasteiger partial charge in [-0.3, -0.25) is 10.1 Å². The molecule has 1 N–H and O–H groups in total. The Hall–Kier alpha value is -2.91. The van der Waals surface area contributed by atoms with Gasteiger partial charge in [0.1, 0.15) is 0 Å². The molecule has 3 nitrogen and oxygen atoms in total. The number of carbonyl (C=O) groups is 1. The number of anilines is 1. The molecule has 142 valence electrons. The van der Waals surface area contributed by atoms with Crippen molar-refractivity contribution >= 4 is 11.6 Å². The quantitative estimate of drug-likeness (QED) is 0.704. The maximum atomic E-state index is 13.3. The van der Waals surface area contributed by atoms with Gasteiger partial charge in [0.25, 0.3) is 0 Å². The Balaban J connectivity index is 1.58. The minimum Gasteiger partial charge on any atom is -0.311 e. The molecule has 3 aromatic carbocycles.